The monoisotopic (exact) mass is 319 g/mol. The van der Waals surface area contributed by atoms with Crippen LogP contribution in [0.1, 0.15) is 19.4 Å². The number of carbonyl (C=O) groups excluding carboxylic acids is 1. The lowest BCUT2D eigenvalue weighted by atomic mass is 10.1. The summed E-state index contributed by atoms with van der Waals surface area (Å²) in [6.07, 6.45) is 0. The van der Waals surface area contributed by atoms with Crippen LogP contribution in [-0.2, 0) is 4.79 Å². The summed E-state index contributed by atoms with van der Waals surface area (Å²) in [5.41, 5.74) is 0.154. The summed E-state index contributed by atoms with van der Waals surface area (Å²) in [6, 6.07) is 11.8. The number of amides is 1. The van der Waals surface area contributed by atoms with Crippen molar-refractivity contribution in [2.45, 2.75) is 26.4 Å². The lowest BCUT2D eigenvalue weighted by Crippen LogP contribution is -2.42. The number of phenols is 1. The molecule has 0 aliphatic rings. The van der Waals surface area contributed by atoms with Gasteiger partial charge in [0.05, 0.1) is 5.69 Å². The molecular formula is C17H18ClNO3. The third-order valence-corrected chi connectivity index (χ3v) is 3.39. The number of aryl methyl sites for hydroxylation is 1. The standard InChI is InChI=1S/C17H18ClNO3/c1-11-4-9-14(15(20)10-11)19-16(21)17(2,3)22-13-7-5-12(18)6-8-13/h4-10,20H,1-3H3,(H,19,21). The van der Waals surface area contributed by atoms with Gasteiger partial charge in [0.1, 0.15) is 11.5 Å². The highest BCUT2D eigenvalue weighted by molar-refractivity contribution is 6.30. The van der Waals surface area contributed by atoms with Gasteiger partial charge in [0.25, 0.3) is 5.91 Å². The van der Waals surface area contributed by atoms with E-state index in [9.17, 15) is 9.90 Å². The van der Waals surface area contributed by atoms with Gasteiger partial charge in [-0.05, 0) is 62.7 Å². The SMILES string of the molecule is Cc1ccc(NC(=O)C(C)(C)Oc2ccc(Cl)cc2)c(O)c1. The highest BCUT2D eigenvalue weighted by atomic mass is 35.5. The van der Waals surface area contributed by atoms with Crippen molar-refractivity contribution in [2.75, 3.05) is 5.32 Å². The molecule has 0 atom stereocenters. The lowest BCUT2D eigenvalue weighted by Gasteiger charge is -2.25. The molecule has 5 heteroatoms. The molecule has 0 aliphatic carbocycles. The molecule has 1 amide bonds. The molecule has 22 heavy (non-hydrogen) atoms. The fraction of sp³-hybridized carbons (Fsp3) is 0.235. The van der Waals surface area contributed by atoms with Gasteiger partial charge in [-0.2, -0.15) is 0 Å². The van der Waals surface area contributed by atoms with Crippen LogP contribution in [0, 0.1) is 6.92 Å². The normalized spacial score (nSPS) is 11.1. The summed E-state index contributed by atoms with van der Waals surface area (Å²) < 4.78 is 5.70. The van der Waals surface area contributed by atoms with Crippen molar-refractivity contribution in [2.24, 2.45) is 0 Å². The van der Waals surface area contributed by atoms with E-state index in [4.69, 9.17) is 16.3 Å². The molecule has 2 rings (SSSR count). The molecule has 0 radical (unpaired) electrons. The molecule has 0 unspecified atom stereocenters. The zero-order valence-electron chi connectivity index (χ0n) is 12.7. The molecule has 0 saturated heterocycles. The summed E-state index contributed by atoms with van der Waals surface area (Å²) in [5.74, 6) is 0.204. The van der Waals surface area contributed by atoms with Gasteiger partial charge in [-0.15, -0.1) is 0 Å². The van der Waals surface area contributed by atoms with Crippen LogP contribution in [0.3, 0.4) is 0 Å². The van der Waals surface area contributed by atoms with Crippen molar-refractivity contribution in [1.29, 1.82) is 0 Å². The topological polar surface area (TPSA) is 58.6 Å². The zero-order valence-corrected chi connectivity index (χ0v) is 13.4. The number of nitrogens with one attached hydrogen (secondary N) is 1. The average molecular weight is 320 g/mol. The third-order valence-electron chi connectivity index (χ3n) is 3.13. The first-order valence-electron chi connectivity index (χ1n) is 6.83. The molecule has 116 valence electrons. The smallest absolute Gasteiger partial charge is 0.268 e. The van der Waals surface area contributed by atoms with Gasteiger partial charge >= 0.3 is 0 Å². The Morgan fingerprint density at radius 2 is 1.82 bits per heavy atom. The number of ether oxygens (including phenoxy) is 1. The first-order chi connectivity index (χ1) is 10.3. The van der Waals surface area contributed by atoms with Gasteiger partial charge in [-0.3, -0.25) is 4.79 Å². The Bertz CT molecular complexity index is 681. The van der Waals surface area contributed by atoms with E-state index >= 15 is 0 Å². The molecular weight excluding hydrogens is 302 g/mol. The lowest BCUT2D eigenvalue weighted by molar-refractivity contribution is -0.128. The number of phenolic OH excluding ortho intramolecular Hbond substituents is 1. The van der Waals surface area contributed by atoms with Gasteiger partial charge < -0.3 is 15.2 Å². The van der Waals surface area contributed by atoms with Gasteiger partial charge in [-0.25, -0.2) is 0 Å². The molecule has 2 aromatic carbocycles. The van der Waals surface area contributed by atoms with Crippen molar-refractivity contribution >= 4 is 23.2 Å². The van der Waals surface area contributed by atoms with E-state index in [1.807, 2.05) is 13.0 Å². The second kappa shape index (κ2) is 6.28. The predicted octanol–water partition coefficient (Wildman–Crippen LogP) is 4.15. The maximum Gasteiger partial charge on any atom is 0.268 e. The van der Waals surface area contributed by atoms with E-state index in [2.05, 4.69) is 5.32 Å². The number of halogens is 1. The maximum atomic E-state index is 12.4. The van der Waals surface area contributed by atoms with Gasteiger partial charge in [0.15, 0.2) is 5.60 Å². The Kier molecular flexibility index (Phi) is 4.62. The van der Waals surface area contributed by atoms with Crippen LogP contribution >= 0.6 is 11.6 Å². The van der Waals surface area contributed by atoms with Crippen LogP contribution in [0.15, 0.2) is 42.5 Å². The van der Waals surface area contributed by atoms with E-state index in [1.165, 1.54) is 0 Å². The second-order valence-electron chi connectivity index (χ2n) is 5.54. The Hall–Kier alpha value is -2.20. The van der Waals surface area contributed by atoms with E-state index in [0.717, 1.165) is 5.56 Å². The number of hydrogen-bond donors (Lipinski definition) is 2. The van der Waals surface area contributed by atoms with Crippen LogP contribution in [-0.4, -0.2) is 16.6 Å². The van der Waals surface area contributed by atoms with Gasteiger partial charge in [0.2, 0.25) is 0 Å². The fourth-order valence-corrected chi connectivity index (χ4v) is 1.99. The summed E-state index contributed by atoms with van der Waals surface area (Å²) in [4.78, 5) is 12.4. The van der Waals surface area contributed by atoms with Crippen LogP contribution in [0.4, 0.5) is 5.69 Å². The second-order valence-corrected chi connectivity index (χ2v) is 5.98. The highest BCUT2D eigenvalue weighted by Crippen LogP contribution is 2.26. The molecule has 0 spiro atoms. The van der Waals surface area contributed by atoms with E-state index in [-0.39, 0.29) is 11.7 Å². The first kappa shape index (κ1) is 16.2. The van der Waals surface area contributed by atoms with Crippen molar-refractivity contribution in [3.63, 3.8) is 0 Å². The molecule has 0 bridgehead atoms. The van der Waals surface area contributed by atoms with E-state index in [1.54, 1.807) is 50.2 Å². The van der Waals surface area contributed by atoms with Crippen molar-refractivity contribution in [3.05, 3.63) is 53.1 Å². The van der Waals surface area contributed by atoms with Crippen LogP contribution in [0.2, 0.25) is 5.02 Å². The molecule has 0 fully saturated rings. The van der Waals surface area contributed by atoms with Crippen molar-refractivity contribution < 1.29 is 14.6 Å². The molecule has 4 nitrogen and oxygen atoms in total. The Morgan fingerprint density at radius 3 is 2.41 bits per heavy atom. The van der Waals surface area contributed by atoms with Gasteiger partial charge in [-0.1, -0.05) is 17.7 Å². The van der Waals surface area contributed by atoms with Crippen molar-refractivity contribution in [3.8, 4) is 11.5 Å². The van der Waals surface area contributed by atoms with Crippen molar-refractivity contribution in [1.82, 2.24) is 0 Å². The molecule has 2 aromatic rings. The van der Waals surface area contributed by atoms with E-state index < -0.39 is 5.60 Å². The van der Waals surface area contributed by atoms with Crippen LogP contribution < -0.4 is 10.1 Å². The minimum Gasteiger partial charge on any atom is -0.506 e. The van der Waals surface area contributed by atoms with Crippen LogP contribution in [0.5, 0.6) is 11.5 Å². The third kappa shape index (κ3) is 3.92. The zero-order chi connectivity index (χ0) is 16.3. The van der Waals surface area contributed by atoms with E-state index in [0.29, 0.717) is 16.5 Å². The molecule has 0 heterocycles. The maximum absolute atomic E-state index is 12.4. The number of carbonyl (C=O) groups is 1. The fourth-order valence-electron chi connectivity index (χ4n) is 1.86. The highest BCUT2D eigenvalue weighted by Gasteiger charge is 2.30. The summed E-state index contributed by atoms with van der Waals surface area (Å²) in [6.45, 7) is 5.17. The van der Waals surface area contributed by atoms with Gasteiger partial charge in [0, 0.05) is 5.02 Å². The largest absolute Gasteiger partial charge is 0.506 e. The predicted molar refractivity (Wildman–Crippen MR) is 87.6 cm³/mol. The minimum atomic E-state index is -1.11. The molecule has 0 aliphatic heterocycles. The number of benzene rings is 2. The number of rotatable bonds is 4. The Labute approximate surface area is 134 Å². The molecule has 0 saturated carbocycles. The van der Waals surface area contributed by atoms with Crippen LogP contribution in [0.25, 0.3) is 0 Å². The number of hydrogen-bond acceptors (Lipinski definition) is 3. The summed E-state index contributed by atoms with van der Waals surface area (Å²) >= 11 is 5.82. The summed E-state index contributed by atoms with van der Waals surface area (Å²) in [5, 5.41) is 13.1. The average Bonchev–Trinajstić information content (AvgIpc) is 2.44. The summed E-state index contributed by atoms with van der Waals surface area (Å²) in [7, 11) is 0. The Balaban J connectivity index is 2.11. The molecule has 2 N–H and O–H groups in total. The molecule has 0 aromatic heterocycles. The number of anilines is 1. The first-order valence-corrected chi connectivity index (χ1v) is 7.21. The Morgan fingerprint density at radius 1 is 1.18 bits per heavy atom. The quantitative estimate of drug-likeness (QED) is 0.832. The minimum absolute atomic E-state index is 0.0237. The number of aromatic hydroxyl groups is 1.